The van der Waals surface area contributed by atoms with Crippen molar-refractivity contribution in [2.45, 2.75) is 41.0 Å². The van der Waals surface area contributed by atoms with E-state index in [2.05, 4.69) is 61.6 Å². The molecular weight excluding hydrogens is 278 g/mol. The Morgan fingerprint density at radius 2 is 1.94 bits per heavy atom. The molecule has 0 aliphatic heterocycles. The van der Waals surface area contributed by atoms with Crippen molar-refractivity contribution in [3.63, 3.8) is 0 Å². The van der Waals surface area contributed by atoms with Crippen molar-refractivity contribution in [2.75, 3.05) is 0 Å². The van der Waals surface area contributed by atoms with Crippen LogP contribution in [-0.2, 0) is 6.42 Å². The summed E-state index contributed by atoms with van der Waals surface area (Å²) in [5.41, 5.74) is 4.38. The van der Waals surface area contributed by atoms with Crippen molar-refractivity contribution in [2.24, 2.45) is 5.41 Å². The fraction of sp³-hybridized carbons (Fsp3) is 0.500. The summed E-state index contributed by atoms with van der Waals surface area (Å²) < 4.78 is 6.97. The quantitative estimate of drug-likeness (QED) is 0.755. The number of rotatable bonds is 1. The van der Waals surface area contributed by atoms with Gasteiger partial charge in [-0.3, -0.25) is 0 Å². The molecule has 0 spiro atoms. The van der Waals surface area contributed by atoms with Crippen LogP contribution in [0.1, 0.15) is 37.8 Å². The summed E-state index contributed by atoms with van der Waals surface area (Å²) in [4.78, 5) is 4.62. The summed E-state index contributed by atoms with van der Waals surface area (Å²) >= 11 is 3.56. The average molecular weight is 296 g/mol. The number of oxazole rings is 1. The van der Waals surface area contributed by atoms with Gasteiger partial charge in [0.25, 0.3) is 0 Å². The highest BCUT2D eigenvalue weighted by molar-refractivity contribution is 9.10. The minimum absolute atomic E-state index is 0.194. The van der Waals surface area contributed by atoms with E-state index >= 15 is 0 Å². The number of nitrogens with zero attached hydrogens (tertiary/aromatic N) is 1. The van der Waals surface area contributed by atoms with E-state index in [0.29, 0.717) is 0 Å². The first-order chi connectivity index (χ1) is 7.78. The summed E-state index contributed by atoms with van der Waals surface area (Å²) in [6, 6.07) is 2.09. The van der Waals surface area contributed by atoms with Gasteiger partial charge in [0, 0.05) is 10.9 Å². The SMILES string of the molecule is Cc1c(Br)cc(C)c2oc(CC(C)(C)C)nc12. The molecule has 0 radical (unpaired) electrons. The average Bonchev–Trinajstić information content (AvgIpc) is 2.56. The molecule has 0 atom stereocenters. The fourth-order valence-electron chi connectivity index (χ4n) is 1.89. The Labute approximate surface area is 111 Å². The third kappa shape index (κ3) is 2.54. The minimum atomic E-state index is 0.194. The van der Waals surface area contributed by atoms with E-state index in [0.717, 1.165) is 39.0 Å². The molecule has 1 aromatic heterocycles. The maximum absolute atomic E-state index is 5.88. The molecule has 0 fully saturated rings. The first-order valence-electron chi connectivity index (χ1n) is 5.83. The molecule has 0 N–H and O–H groups in total. The lowest BCUT2D eigenvalue weighted by atomic mass is 9.92. The predicted molar refractivity (Wildman–Crippen MR) is 74.3 cm³/mol. The molecule has 0 saturated heterocycles. The van der Waals surface area contributed by atoms with Crippen LogP contribution in [-0.4, -0.2) is 4.98 Å². The van der Waals surface area contributed by atoms with E-state index in [1.165, 1.54) is 0 Å². The first kappa shape index (κ1) is 12.6. The maximum atomic E-state index is 5.88. The van der Waals surface area contributed by atoms with Gasteiger partial charge in [-0.05, 0) is 36.5 Å². The van der Waals surface area contributed by atoms with E-state index in [-0.39, 0.29) is 5.41 Å². The van der Waals surface area contributed by atoms with Gasteiger partial charge >= 0.3 is 0 Å². The maximum Gasteiger partial charge on any atom is 0.196 e. The van der Waals surface area contributed by atoms with Gasteiger partial charge in [-0.25, -0.2) is 4.98 Å². The Kier molecular flexibility index (Phi) is 3.06. The molecule has 1 heterocycles. The van der Waals surface area contributed by atoms with E-state index in [1.807, 2.05) is 0 Å². The zero-order chi connectivity index (χ0) is 12.8. The van der Waals surface area contributed by atoms with Crippen LogP contribution < -0.4 is 0 Å². The van der Waals surface area contributed by atoms with Gasteiger partial charge in [-0.1, -0.05) is 36.7 Å². The molecule has 0 saturated carbocycles. The molecule has 2 aromatic rings. The summed E-state index contributed by atoms with van der Waals surface area (Å²) in [7, 11) is 0. The zero-order valence-electron chi connectivity index (χ0n) is 11.0. The van der Waals surface area contributed by atoms with Gasteiger partial charge < -0.3 is 4.42 Å². The Morgan fingerprint density at radius 3 is 2.53 bits per heavy atom. The Balaban J connectivity index is 2.58. The summed E-state index contributed by atoms with van der Waals surface area (Å²) in [5, 5.41) is 0. The molecule has 3 heteroatoms. The Hall–Kier alpha value is -0.830. The highest BCUT2D eigenvalue weighted by Crippen LogP contribution is 2.31. The van der Waals surface area contributed by atoms with Crippen LogP contribution in [0.3, 0.4) is 0 Å². The zero-order valence-corrected chi connectivity index (χ0v) is 12.6. The second-order valence-corrected chi connectivity index (χ2v) is 6.68. The van der Waals surface area contributed by atoms with Crippen LogP contribution in [0.2, 0.25) is 0 Å². The largest absolute Gasteiger partial charge is 0.440 e. The van der Waals surface area contributed by atoms with Gasteiger partial charge in [-0.15, -0.1) is 0 Å². The number of aryl methyl sites for hydroxylation is 2. The predicted octanol–water partition coefficient (Wildman–Crippen LogP) is 4.80. The molecule has 0 amide bonds. The number of aromatic nitrogens is 1. The molecular formula is C14H18BrNO. The van der Waals surface area contributed by atoms with E-state index < -0.39 is 0 Å². The monoisotopic (exact) mass is 295 g/mol. The summed E-state index contributed by atoms with van der Waals surface area (Å²) in [5.74, 6) is 0.830. The smallest absolute Gasteiger partial charge is 0.196 e. The number of fused-ring (bicyclic) bond motifs is 1. The molecule has 0 bridgehead atoms. The Morgan fingerprint density at radius 1 is 1.29 bits per heavy atom. The topological polar surface area (TPSA) is 26.0 Å². The number of benzene rings is 1. The minimum Gasteiger partial charge on any atom is -0.440 e. The van der Waals surface area contributed by atoms with Crippen LogP contribution in [0.25, 0.3) is 11.1 Å². The van der Waals surface area contributed by atoms with Crippen molar-refractivity contribution in [3.05, 3.63) is 27.6 Å². The van der Waals surface area contributed by atoms with E-state index in [1.54, 1.807) is 0 Å². The van der Waals surface area contributed by atoms with Crippen molar-refractivity contribution >= 4 is 27.0 Å². The lowest BCUT2D eigenvalue weighted by Crippen LogP contribution is -2.09. The second-order valence-electron chi connectivity index (χ2n) is 5.82. The summed E-state index contributed by atoms with van der Waals surface area (Å²) in [6.45, 7) is 10.7. The highest BCUT2D eigenvalue weighted by Gasteiger charge is 2.18. The lowest BCUT2D eigenvalue weighted by Gasteiger charge is -2.14. The molecule has 2 nitrogen and oxygen atoms in total. The molecule has 17 heavy (non-hydrogen) atoms. The number of hydrogen-bond acceptors (Lipinski definition) is 2. The molecule has 0 aliphatic rings. The van der Waals surface area contributed by atoms with E-state index in [9.17, 15) is 0 Å². The second kappa shape index (κ2) is 4.13. The first-order valence-corrected chi connectivity index (χ1v) is 6.62. The molecule has 92 valence electrons. The Bertz CT molecular complexity index is 564. The van der Waals surface area contributed by atoms with Crippen LogP contribution in [0.5, 0.6) is 0 Å². The highest BCUT2D eigenvalue weighted by atomic mass is 79.9. The van der Waals surface area contributed by atoms with Crippen molar-refractivity contribution in [1.29, 1.82) is 0 Å². The van der Waals surface area contributed by atoms with Crippen molar-refractivity contribution in [3.8, 4) is 0 Å². The summed E-state index contributed by atoms with van der Waals surface area (Å²) in [6.07, 6.45) is 0.859. The molecule has 2 rings (SSSR count). The van der Waals surface area contributed by atoms with Crippen LogP contribution in [0.15, 0.2) is 15.0 Å². The van der Waals surface area contributed by atoms with Crippen molar-refractivity contribution in [1.82, 2.24) is 4.98 Å². The lowest BCUT2D eigenvalue weighted by molar-refractivity contribution is 0.361. The standard InChI is InChI=1S/C14H18BrNO/c1-8-6-10(15)9(2)12-13(8)17-11(16-12)7-14(3,4)5/h6H,7H2,1-5H3. The van der Waals surface area contributed by atoms with Gasteiger partial charge in [0.15, 0.2) is 11.5 Å². The molecule has 0 aliphatic carbocycles. The number of halogens is 1. The van der Waals surface area contributed by atoms with Crippen LogP contribution in [0.4, 0.5) is 0 Å². The van der Waals surface area contributed by atoms with Gasteiger partial charge in [0.1, 0.15) is 5.52 Å². The third-order valence-electron chi connectivity index (χ3n) is 2.77. The molecule has 0 unspecified atom stereocenters. The van der Waals surface area contributed by atoms with Crippen LogP contribution in [0, 0.1) is 19.3 Å². The van der Waals surface area contributed by atoms with Gasteiger partial charge in [0.2, 0.25) is 0 Å². The van der Waals surface area contributed by atoms with Gasteiger partial charge in [0.05, 0.1) is 0 Å². The van der Waals surface area contributed by atoms with Gasteiger partial charge in [-0.2, -0.15) is 0 Å². The van der Waals surface area contributed by atoms with Crippen LogP contribution >= 0.6 is 15.9 Å². The van der Waals surface area contributed by atoms with E-state index in [4.69, 9.17) is 4.42 Å². The molecule has 1 aromatic carbocycles. The normalized spacial score (nSPS) is 12.4. The third-order valence-corrected chi connectivity index (χ3v) is 3.59. The fourth-order valence-corrected chi connectivity index (χ4v) is 2.42. The van der Waals surface area contributed by atoms with Crippen molar-refractivity contribution < 1.29 is 4.42 Å². The number of hydrogen-bond donors (Lipinski definition) is 0.